The molecule has 0 unspecified atom stereocenters. The third-order valence-electron chi connectivity index (χ3n) is 5.16. The summed E-state index contributed by atoms with van der Waals surface area (Å²) in [6.07, 6.45) is -0.628. The average molecular weight is 492 g/mol. The summed E-state index contributed by atoms with van der Waals surface area (Å²) in [6.45, 7) is 1.76. The fraction of sp³-hybridized carbons (Fsp3) is 0.120. The quantitative estimate of drug-likeness (QED) is 0.273. The second-order valence-electron chi connectivity index (χ2n) is 7.22. The number of hydrogen-bond acceptors (Lipinski definition) is 5. The first-order valence-corrected chi connectivity index (χ1v) is 10.8. The van der Waals surface area contributed by atoms with Gasteiger partial charge in [0.1, 0.15) is 0 Å². The van der Waals surface area contributed by atoms with Gasteiger partial charge in [0.25, 0.3) is 11.8 Å². The van der Waals surface area contributed by atoms with Gasteiger partial charge in [-0.1, -0.05) is 59.3 Å². The number of ketones is 1. The van der Waals surface area contributed by atoms with Crippen LogP contribution < -0.4 is 4.90 Å². The maximum absolute atomic E-state index is 12.8. The van der Waals surface area contributed by atoms with Crippen molar-refractivity contribution in [1.82, 2.24) is 0 Å². The minimum Gasteiger partial charge on any atom is -0.450 e. The van der Waals surface area contributed by atoms with E-state index in [2.05, 4.69) is 15.9 Å². The van der Waals surface area contributed by atoms with Gasteiger partial charge in [-0.25, -0.2) is 9.69 Å². The predicted molar refractivity (Wildman–Crippen MR) is 122 cm³/mol. The number of benzene rings is 3. The molecular weight excluding hydrogens is 474 g/mol. The first-order valence-electron chi connectivity index (χ1n) is 9.99. The summed E-state index contributed by atoms with van der Waals surface area (Å²) >= 11 is 3.31. The standard InChI is InChI=1S/C25H18BrNO5/c1-2-21(22(28)15-7-4-3-5-8-15)32-25(31)16-9-6-10-18(13-16)27-23(29)19-12-11-17(26)14-20(19)24(27)30/h3-14,21H,2H2,1H3/t21-/m1/s1. The van der Waals surface area contributed by atoms with Crippen molar-refractivity contribution in [1.29, 1.82) is 0 Å². The maximum atomic E-state index is 12.8. The zero-order valence-electron chi connectivity index (χ0n) is 17.1. The van der Waals surface area contributed by atoms with Crippen molar-refractivity contribution in [3.05, 3.63) is 99.5 Å². The SMILES string of the molecule is CC[C@@H](OC(=O)c1cccc(N2C(=O)c3ccc(Br)cc3C2=O)c1)C(=O)c1ccccc1. The van der Waals surface area contributed by atoms with Gasteiger partial charge in [-0.3, -0.25) is 14.4 Å². The fourth-order valence-corrected chi connectivity index (χ4v) is 3.89. The first-order chi connectivity index (χ1) is 15.4. The zero-order chi connectivity index (χ0) is 22.8. The number of fused-ring (bicyclic) bond motifs is 1. The van der Waals surface area contributed by atoms with E-state index in [4.69, 9.17) is 4.74 Å². The lowest BCUT2D eigenvalue weighted by Gasteiger charge is -2.17. The molecule has 3 aromatic carbocycles. The van der Waals surface area contributed by atoms with Crippen LogP contribution in [0.3, 0.4) is 0 Å². The molecule has 0 fully saturated rings. The van der Waals surface area contributed by atoms with Crippen molar-refractivity contribution in [2.45, 2.75) is 19.4 Å². The highest BCUT2D eigenvalue weighted by Crippen LogP contribution is 2.31. The summed E-state index contributed by atoms with van der Waals surface area (Å²) in [7, 11) is 0. The van der Waals surface area contributed by atoms with E-state index in [0.29, 0.717) is 22.0 Å². The second kappa shape index (κ2) is 8.88. The third-order valence-corrected chi connectivity index (χ3v) is 5.65. The molecular formula is C25H18BrNO5. The van der Waals surface area contributed by atoms with Crippen LogP contribution in [0.15, 0.2) is 77.3 Å². The largest absolute Gasteiger partial charge is 0.450 e. The molecule has 0 N–H and O–H groups in total. The lowest BCUT2D eigenvalue weighted by atomic mass is 10.0. The number of anilines is 1. The number of esters is 1. The van der Waals surface area contributed by atoms with Gasteiger partial charge in [0.05, 0.1) is 22.4 Å². The molecule has 7 heteroatoms. The molecule has 160 valence electrons. The van der Waals surface area contributed by atoms with E-state index in [-0.39, 0.29) is 22.6 Å². The molecule has 4 rings (SSSR count). The van der Waals surface area contributed by atoms with E-state index in [9.17, 15) is 19.2 Å². The molecule has 1 heterocycles. The van der Waals surface area contributed by atoms with Gasteiger partial charge in [-0.15, -0.1) is 0 Å². The monoisotopic (exact) mass is 491 g/mol. The molecule has 0 saturated heterocycles. The van der Waals surface area contributed by atoms with Crippen LogP contribution in [0, 0.1) is 0 Å². The molecule has 0 aliphatic carbocycles. The predicted octanol–water partition coefficient (Wildman–Crippen LogP) is 5.07. The van der Waals surface area contributed by atoms with Crippen LogP contribution >= 0.6 is 15.9 Å². The Morgan fingerprint density at radius 3 is 2.28 bits per heavy atom. The third kappa shape index (κ3) is 3.99. The Morgan fingerprint density at radius 1 is 0.875 bits per heavy atom. The average Bonchev–Trinajstić information content (AvgIpc) is 3.06. The number of hydrogen-bond donors (Lipinski definition) is 0. The number of ether oxygens (including phenoxy) is 1. The molecule has 3 aromatic rings. The van der Waals surface area contributed by atoms with Gasteiger partial charge in [0.15, 0.2) is 6.10 Å². The zero-order valence-corrected chi connectivity index (χ0v) is 18.7. The van der Waals surface area contributed by atoms with E-state index in [1.165, 1.54) is 12.1 Å². The Labute approximate surface area is 192 Å². The van der Waals surface area contributed by atoms with Crippen molar-refractivity contribution < 1.29 is 23.9 Å². The number of imide groups is 1. The van der Waals surface area contributed by atoms with Crippen molar-refractivity contribution in [2.75, 3.05) is 4.90 Å². The van der Waals surface area contributed by atoms with E-state index in [1.807, 2.05) is 0 Å². The smallest absolute Gasteiger partial charge is 0.338 e. The summed E-state index contributed by atoms with van der Waals surface area (Å²) in [4.78, 5) is 52.1. The molecule has 0 saturated carbocycles. The van der Waals surface area contributed by atoms with Crippen molar-refractivity contribution in [2.24, 2.45) is 0 Å². The van der Waals surface area contributed by atoms with Gasteiger partial charge in [0.2, 0.25) is 5.78 Å². The molecule has 6 nitrogen and oxygen atoms in total. The summed E-state index contributed by atoms with van der Waals surface area (Å²) in [5.41, 5.74) is 1.43. The highest BCUT2D eigenvalue weighted by atomic mass is 79.9. The molecule has 1 aliphatic rings. The number of halogens is 1. The van der Waals surface area contributed by atoms with Crippen LogP contribution in [0.4, 0.5) is 5.69 Å². The Morgan fingerprint density at radius 2 is 1.56 bits per heavy atom. The van der Waals surface area contributed by atoms with Crippen LogP contribution in [0.5, 0.6) is 0 Å². The Hall–Kier alpha value is -3.58. The molecule has 2 amide bonds. The van der Waals surface area contributed by atoms with E-state index in [1.54, 1.807) is 67.6 Å². The molecule has 0 bridgehead atoms. The first kappa shape index (κ1) is 21.6. The van der Waals surface area contributed by atoms with Crippen LogP contribution in [0.1, 0.15) is 54.8 Å². The number of nitrogens with zero attached hydrogens (tertiary/aromatic N) is 1. The van der Waals surface area contributed by atoms with Crippen LogP contribution in [-0.4, -0.2) is 29.7 Å². The highest BCUT2D eigenvalue weighted by Gasteiger charge is 2.37. The van der Waals surface area contributed by atoms with Gasteiger partial charge in [-0.05, 0) is 42.8 Å². The fourth-order valence-electron chi connectivity index (χ4n) is 3.53. The summed E-state index contributed by atoms with van der Waals surface area (Å²) in [5.74, 6) is -1.93. The van der Waals surface area contributed by atoms with Gasteiger partial charge < -0.3 is 4.74 Å². The normalized spacial score (nSPS) is 13.6. The van der Waals surface area contributed by atoms with Crippen molar-refractivity contribution in [3.63, 3.8) is 0 Å². The minimum atomic E-state index is -0.940. The number of carbonyl (C=O) groups is 4. The van der Waals surface area contributed by atoms with Crippen LogP contribution in [0.25, 0.3) is 0 Å². The summed E-state index contributed by atoms with van der Waals surface area (Å²) < 4.78 is 6.15. The Kier molecular flexibility index (Phi) is 6.01. The lowest BCUT2D eigenvalue weighted by molar-refractivity contribution is 0.0277. The van der Waals surface area contributed by atoms with Crippen molar-refractivity contribution >= 4 is 45.2 Å². The Balaban J connectivity index is 1.57. The second-order valence-corrected chi connectivity index (χ2v) is 8.13. The molecule has 1 atom stereocenters. The summed E-state index contributed by atoms with van der Waals surface area (Å²) in [6, 6.07) is 19.5. The topological polar surface area (TPSA) is 80.8 Å². The molecule has 1 aliphatic heterocycles. The molecule has 0 radical (unpaired) electrons. The van der Waals surface area contributed by atoms with E-state index >= 15 is 0 Å². The van der Waals surface area contributed by atoms with Crippen LogP contribution in [-0.2, 0) is 4.74 Å². The molecule has 0 spiro atoms. The Bertz CT molecular complexity index is 1240. The number of Topliss-reactive ketones (excluding diaryl/α,β-unsaturated/α-hetero) is 1. The maximum Gasteiger partial charge on any atom is 0.338 e. The molecule has 32 heavy (non-hydrogen) atoms. The van der Waals surface area contributed by atoms with Crippen LogP contribution in [0.2, 0.25) is 0 Å². The van der Waals surface area contributed by atoms with E-state index in [0.717, 1.165) is 4.90 Å². The number of carbonyl (C=O) groups excluding carboxylic acids is 4. The minimum absolute atomic E-state index is 0.138. The number of rotatable bonds is 6. The number of amides is 2. The lowest BCUT2D eigenvalue weighted by Crippen LogP contribution is -2.30. The van der Waals surface area contributed by atoms with Gasteiger partial charge in [0, 0.05) is 10.0 Å². The molecule has 0 aromatic heterocycles. The summed E-state index contributed by atoms with van der Waals surface area (Å²) in [5, 5.41) is 0. The van der Waals surface area contributed by atoms with Crippen molar-refractivity contribution in [3.8, 4) is 0 Å². The van der Waals surface area contributed by atoms with Gasteiger partial charge in [-0.2, -0.15) is 0 Å². The van der Waals surface area contributed by atoms with E-state index < -0.39 is 23.9 Å². The van der Waals surface area contributed by atoms with Gasteiger partial charge >= 0.3 is 5.97 Å². The highest BCUT2D eigenvalue weighted by molar-refractivity contribution is 9.10.